The quantitative estimate of drug-likeness (QED) is 0.861. The summed E-state index contributed by atoms with van der Waals surface area (Å²) in [6, 6.07) is 8.12. The SMILES string of the molecule is O=C1N(Cc2ccncc2)CCC12CCCN(Cc1ccncc1)C2. The summed E-state index contributed by atoms with van der Waals surface area (Å²) in [6.07, 6.45) is 10.4. The van der Waals surface area contributed by atoms with Gasteiger partial charge in [-0.25, -0.2) is 0 Å². The van der Waals surface area contributed by atoms with Crippen molar-refractivity contribution >= 4 is 5.91 Å². The molecule has 4 rings (SSSR count). The second-order valence-electron chi connectivity index (χ2n) is 7.28. The molecule has 0 N–H and O–H groups in total. The van der Waals surface area contributed by atoms with Crippen molar-refractivity contribution in [2.24, 2.45) is 5.41 Å². The number of aromatic nitrogens is 2. The summed E-state index contributed by atoms with van der Waals surface area (Å²) in [5, 5.41) is 0. The second-order valence-corrected chi connectivity index (χ2v) is 7.28. The molecule has 1 spiro atoms. The van der Waals surface area contributed by atoms with Gasteiger partial charge >= 0.3 is 0 Å². The third kappa shape index (κ3) is 3.42. The van der Waals surface area contributed by atoms with Crippen LogP contribution < -0.4 is 0 Å². The zero-order valence-corrected chi connectivity index (χ0v) is 14.5. The highest BCUT2D eigenvalue weighted by atomic mass is 16.2. The Balaban J connectivity index is 1.43. The van der Waals surface area contributed by atoms with Crippen molar-refractivity contribution in [3.8, 4) is 0 Å². The van der Waals surface area contributed by atoms with E-state index in [9.17, 15) is 4.79 Å². The van der Waals surface area contributed by atoms with E-state index in [2.05, 4.69) is 27.0 Å². The van der Waals surface area contributed by atoms with E-state index in [1.807, 2.05) is 29.4 Å². The van der Waals surface area contributed by atoms with E-state index < -0.39 is 0 Å². The van der Waals surface area contributed by atoms with E-state index in [-0.39, 0.29) is 5.41 Å². The van der Waals surface area contributed by atoms with Gasteiger partial charge in [0.2, 0.25) is 5.91 Å². The molecule has 2 aliphatic heterocycles. The third-order valence-corrected chi connectivity index (χ3v) is 5.54. The lowest BCUT2D eigenvalue weighted by molar-refractivity contribution is -0.139. The lowest BCUT2D eigenvalue weighted by Gasteiger charge is -2.39. The van der Waals surface area contributed by atoms with Crippen LogP contribution in [0.5, 0.6) is 0 Å². The molecule has 2 saturated heterocycles. The number of nitrogens with zero attached hydrogens (tertiary/aromatic N) is 4. The van der Waals surface area contributed by atoms with Crippen molar-refractivity contribution in [1.82, 2.24) is 19.8 Å². The molecule has 5 nitrogen and oxygen atoms in total. The summed E-state index contributed by atoms with van der Waals surface area (Å²) in [5.74, 6) is 0.337. The molecule has 1 amide bonds. The third-order valence-electron chi connectivity index (χ3n) is 5.54. The van der Waals surface area contributed by atoms with Crippen LogP contribution in [0.15, 0.2) is 49.1 Å². The van der Waals surface area contributed by atoms with Crippen LogP contribution in [0, 0.1) is 5.41 Å². The van der Waals surface area contributed by atoms with Gasteiger partial charge in [-0.1, -0.05) is 0 Å². The van der Waals surface area contributed by atoms with Crippen molar-refractivity contribution < 1.29 is 4.79 Å². The van der Waals surface area contributed by atoms with Gasteiger partial charge < -0.3 is 4.90 Å². The molecule has 2 aromatic rings. The molecular formula is C20H24N4O. The Bertz CT molecular complexity index is 721. The van der Waals surface area contributed by atoms with Gasteiger partial charge in [-0.3, -0.25) is 19.7 Å². The van der Waals surface area contributed by atoms with E-state index in [0.29, 0.717) is 12.5 Å². The van der Waals surface area contributed by atoms with Gasteiger partial charge in [0, 0.05) is 51.0 Å². The first-order valence-electron chi connectivity index (χ1n) is 9.05. The smallest absolute Gasteiger partial charge is 0.230 e. The van der Waals surface area contributed by atoms with Crippen molar-refractivity contribution in [3.63, 3.8) is 0 Å². The summed E-state index contributed by atoms with van der Waals surface area (Å²) in [5.41, 5.74) is 2.24. The van der Waals surface area contributed by atoms with Crippen molar-refractivity contribution in [3.05, 3.63) is 60.2 Å². The van der Waals surface area contributed by atoms with Crippen LogP contribution in [0.1, 0.15) is 30.4 Å². The van der Waals surface area contributed by atoms with Crippen molar-refractivity contribution in [1.29, 1.82) is 0 Å². The maximum Gasteiger partial charge on any atom is 0.230 e. The lowest BCUT2D eigenvalue weighted by Crippen LogP contribution is -2.47. The van der Waals surface area contributed by atoms with Crippen LogP contribution in [-0.2, 0) is 17.9 Å². The number of carbonyl (C=O) groups excluding carboxylic acids is 1. The maximum atomic E-state index is 13.2. The van der Waals surface area contributed by atoms with Gasteiger partial charge in [0.15, 0.2) is 0 Å². The summed E-state index contributed by atoms with van der Waals surface area (Å²) < 4.78 is 0. The molecule has 1 atom stereocenters. The fourth-order valence-corrected chi connectivity index (χ4v) is 4.24. The number of hydrogen-bond donors (Lipinski definition) is 0. The molecule has 5 heteroatoms. The van der Waals surface area contributed by atoms with E-state index in [4.69, 9.17) is 0 Å². The Morgan fingerprint density at radius 2 is 1.52 bits per heavy atom. The molecule has 25 heavy (non-hydrogen) atoms. The number of piperidine rings is 1. The Kier molecular flexibility index (Phi) is 4.49. The molecule has 2 fully saturated rings. The fraction of sp³-hybridized carbons (Fsp3) is 0.450. The topological polar surface area (TPSA) is 49.3 Å². The highest BCUT2D eigenvalue weighted by Crippen LogP contribution is 2.41. The molecule has 2 aromatic heterocycles. The number of carbonyl (C=O) groups is 1. The molecule has 0 radical (unpaired) electrons. The minimum Gasteiger partial charge on any atom is -0.338 e. The molecular weight excluding hydrogens is 312 g/mol. The second kappa shape index (κ2) is 6.92. The van der Waals surface area contributed by atoms with E-state index in [1.165, 1.54) is 5.56 Å². The Labute approximate surface area is 148 Å². The van der Waals surface area contributed by atoms with Crippen molar-refractivity contribution in [2.45, 2.75) is 32.4 Å². The van der Waals surface area contributed by atoms with Gasteiger partial charge in [0.1, 0.15) is 0 Å². The number of amides is 1. The standard InChI is InChI=1S/C20H24N4O/c25-19-20(7-13-24(19)15-18-4-10-22-11-5-18)6-1-12-23(16-20)14-17-2-8-21-9-3-17/h2-5,8-11H,1,6-7,12-16H2. The largest absolute Gasteiger partial charge is 0.338 e. The highest BCUT2D eigenvalue weighted by Gasteiger charge is 2.48. The number of pyridine rings is 2. The summed E-state index contributed by atoms with van der Waals surface area (Å²) >= 11 is 0. The van der Waals surface area contributed by atoms with E-state index >= 15 is 0 Å². The van der Waals surface area contributed by atoms with Gasteiger partial charge in [-0.05, 0) is 61.2 Å². The Morgan fingerprint density at radius 1 is 0.880 bits per heavy atom. The molecule has 2 aliphatic rings. The normalized spacial score (nSPS) is 24.2. The summed E-state index contributed by atoms with van der Waals surface area (Å²) in [6.45, 7) is 4.42. The number of rotatable bonds is 4. The van der Waals surface area contributed by atoms with Crippen LogP contribution in [-0.4, -0.2) is 45.3 Å². The van der Waals surface area contributed by atoms with Gasteiger partial charge in [0.05, 0.1) is 5.41 Å². The van der Waals surface area contributed by atoms with Gasteiger partial charge in [-0.15, -0.1) is 0 Å². The molecule has 4 heterocycles. The maximum absolute atomic E-state index is 13.2. The first-order valence-corrected chi connectivity index (χ1v) is 9.05. The first-order chi connectivity index (χ1) is 12.3. The van der Waals surface area contributed by atoms with Crippen LogP contribution in [0.2, 0.25) is 0 Å². The minimum atomic E-state index is -0.182. The summed E-state index contributed by atoms with van der Waals surface area (Å²) in [4.78, 5) is 25.8. The minimum absolute atomic E-state index is 0.182. The molecule has 130 valence electrons. The van der Waals surface area contributed by atoms with Crippen LogP contribution in [0.3, 0.4) is 0 Å². The average molecular weight is 336 g/mol. The number of likely N-dealkylation sites (tertiary alicyclic amines) is 2. The predicted octanol–water partition coefficient (Wildman–Crippen LogP) is 2.49. The molecule has 0 aliphatic carbocycles. The van der Waals surface area contributed by atoms with E-state index in [1.54, 1.807) is 12.4 Å². The lowest BCUT2D eigenvalue weighted by atomic mass is 9.78. The van der Waals surface area contributed by atoms with Crippen molar-refractivity contribution in [2.75, 3.05) is 19.6 Å². The monoisotopic (exact) mass is 336 g/mol. The van der Waals surface area contributed by atoms with Crippen LogP contribution >= 0.6 is 0 Å². The fourth-order valence-electron chi connectivity index (χ4n) is 4.24. The zero-order valence-electron chi connectivity index (χ0n) is 14.5. The van der Waals surface area contributed by atoms with Crippen LogP contribution in [0.4, 0.5) is 0 Å². The van der Waals surface area contributed by atoms with Gasteiger partial charge in [-0.2, -0.15) is 0 Å². The molecule has 0 bridgehead atoms. The average Bonchev–Trinajstić information content (AvgIpc) is 2.93. The highest BCUT2D eigenvalue weighted by molar-refractivity contribution is 5.85. The number of hydrogen-bond acceptors (Lipinski definition) is 4. The molecule has 0 aromatic carbocycles. The Hall–Kier alpha value is -2.27. The Morgan fingerprint density at radius 3 is 2.20 bits per heavy atom. The zero-order chi connectivity index (χ0) is 17.1. The predicted molar refractivity (Wildman–Crippen MR) is 95.5 cm³/mol. The van der Waals surface area contributed by atoms with E-state index in [0.717, 1.165) is 51.0 Å². The van der Waals surface area contributed by atoms with Gasteiger partial charge in [0.25, 0.3) is 0 Å². The van der Waals surface area contributed by atoms with Crippen LogP contribution in [0.25, 0.3) is 0 Å². The summed E-state index contributed by atoms with van der Waals surface area (Å²) in [7, 11) is 0. The first kappa shape index (κ1) is 16.2. The molecule has 0 saturated carbocycles. The molecule has 1 unspecified atom stereocenters.